The molecule has 0 saturated heterocycles. The molecular weight excluding hydrogens is 323 g/mol. The molecule has 2 aromatic rings. The molecule has 0 spiro atoms. The van der Waals surface area contributed by atoms with Crippen LogP contribution < -0.4 is 10.6 Å². The summed E-state index contributed by atoms with van der Waals surface area (Å²) in [5.74, 6) is 0.000538. The number of aliphatic imine (C=N–C) groups is 1. The molecule has 1 aliphatic heterocycles. The molecule has 1 aliphatic rings. The average Bonchev–Trinajstić information content (AvgIpc) is 2.81. The Morgan fingerprint density at radius 3 is 2.85 bits per heavy atom. The van der Waals surface area contributed by atoms with Gasteiger partial charge in [0.25, 0.3) is 0 Å². The summed E-state index contributed by atoms with van der Waals surface area (Å²) in [6.45, 7) is 0.484. The van der Waals surface area contributed by atoms with E-state index in [1.54, 1.807) is 35.5 Å². The van der Waals surface area contributed by atoms with Gasteiger partial charge in [0, 0.05) is 16.9 Å². The summed E-state index contributed by atoms with van der Waals surface area (Å²) in [6.07, 6.45) is 3.45. The van der Waals surface area contributed by atoms with Crippen LogP contribution in [-0.4, -0.2) is 17.5 Å². The fourth-order valence-electron chi connectivity index (χ4n) is 2.30. The van der Waals surface area contributed by atoms with Gasteiger partial charge in [-0.05, 0) is 39.7 Å². The summed E-state index contributed by atoms with van der Waals surface area (Å²) < 4.78 is 14.9. The molecule has 0 fully saturated rings. The Labute approximate surface area is 124 Å². The van der Waals surface area contributed by atoms with E-state index in [9.17, 15) is 4.39 Å². The van der Waals surface area contributed by atoms with Crippen LogP contribution >= 0.6 is 15.9 Å². The molecule has 4 nitrogen and oxygen atoms in total. The lowest BCUT2D eigenvalue weighted by Gasteiger charge is -2.26. The van der Waals surface area contributed by atoms with Gasteiger partial charge in [-0.25, -0.2) is 4.39 Å². The second-order valence-corrected chi connectivity index (χ2v) is 5.39. The van der Waals surface area contributed by atoms with Gasteiger partial charge in [-0.15, -0.1) is 0 Å². The molecule has 2 heterocycles. The second kappa shape index (κ2) is 5.20. The number of nitrogens with zero attached hydrogens (tertiary/aromatic N) is 3. The van der Waals surface area contributed by atoms with Crippen molar-refractivity contribution in [1.29, 1.82) is 0 Å². The number of hydrogen-bond acceptors (Lipinski definition) is 4. The standard InChI is InChI=1S/C14H12BrFN4/c15-10-5-9(6-18-7-10)13-8-19-14(17)20(13)12-4-2-1-3-11(12)16/h1-7,13H,8H2,(H2,17,19). The molecule has 1 atom stereocenters. The van der Waals surface area contributed by atoms with Crippen molar-refractivity contribution < 1.29 is 4.39 Å². The molecule has 0 bridgehead atoms. The number of pyridine rings is 1. The number of halogens is 2. The SMILES string of the molecule is NC1=NCC(c2cncc(Br)c2)N1c1ccccc1F. The van der Waals surface area contributed by atoms with Crippen molar-refractivity contribution in [3.63, 3.8) is 0 Å². The molecule has 0 saturated carbocycles. The van der Waals surface area contributed by atoms with Crippen LogP contribution in [0.3, 0.4) is 0 Å². The molecule has 0 radical (unpaired) electrons. The summed E-state index contributed by atoms with van der Waals surface area (Å²) in [5.41, 5.74) is 7.29. The number of aromatic nitrogens is 1. The van der Waals surface area contributed by atoms with E-state index >= 15 is 0 Å². The van der Waals surface area contributed by atoms with Crippen LogP contribution in [-0.2, 0) is 0 Å². The monoisotopic (exact) mass is 334 g/mol. The first-order valence-electron chi connectivity index (χ1n) is 6.11. The molecule has 102 valence electrons. The normalized spacial score (nSPS) is 18.2. The zero-order valence-electron chi connectivity index (χ0n) is 10.5. The highest BCUT2D eigenvalue weighted by atomic mass is 79.9. The number of hydrogen-bond donors (Lipinski definition) is 1. The van der Waals surface area contributed by atoms with Crippen molar-refractivity contribution in [2.45, 2.75) is 6.04 Å². The molecule has 3 rings (SSSR count). The first kappa shape index (κ1) is 13.1. The molecule has 0 aliphatic carbocycles. The first-order valence-corrected chi connectivity index (χ1v) is 6.90. The Morgan fingerprint density at radius 1 is 1.30 bits per heavy atom. The quantitative estimate of drug-likeness (QED) is 0.918. The van der Waals surface area contributed by atoms with Crippen LogP contribution in [0, 0.1) is 5.82 Å². The van der Waals surface area contributed by atoms with Gasteiger partial charge in [0.05, 0.1) is 18.3 Å². The van der Waals surface area contributed by atoms with E-state index in [1.165, 1.54) is 6.07 Å². The number of rotatable bonds is 2. The molecule has 0 amide bonds. The van der Waals surface area contributed by atoms with Gasteiger partial charge in [0.1, 0.15) is 5.82 Å². The lowest BCUT2D eigenvalue weighted by Crippen LogP contribution is -2.36. The third kappa shape index (κ3) is 2.27. The van der Waals surface area contributed by atoms with Gasteiger partial charge in [-0.3, -0.25) is 9.98 Å². The molecule has 20 heavy (non-hydrogen) atoms. The van der Waals surface area contributed by atoms with Gasteiger partial charge in [0.15, 0.2) is 5.96 Å². The van der Waals surface area contributed by atoms with Gasteiger partial charge >= 0.3 is 0 Å². The van der Waals surface area contributed by atoms with Crippen molar-refractivity contribution in [2.75, 3.05) is 11.4 Å². The first-order chi connectivity index (χ1) is 9.66. The molecule has 2 N–H and O–H groups in total. The topological polar surface area (TPSA) is 54.5 Å². The van der Waals surface area contributed by atoms with Crippen LogP contribution in [0.5, 0.6) is 0 Å². The van der Waals surface area contributed by atoms with Crippen LogP contribution in [0.2, 0.25) is 0 Å². The summed E-state index contributed by atoms with van der Waals surface area (Å²) in [4.78, 5) is 10.1. The fraction of sp³-hybridized carbons (Fsp3) is 0.143. The highest BCUT2D eigenvalue weighted by molar-refractivity contribution is 9.10. The number of para-hydroxylation sites is 1. The Hall–Kier alpha value is -1.95. The van der Waals surface area contributed by atoms with Crippen LogP contribution in [0.25, 0.3) is 0 Å². The smallest absolute Gasteiger partial charge is 0.196 e. The Bertz CT molecular complexity index is 674. The third-order valence-electron chi connectivity index (χ3n) is 3.21. The summed E-state index contributed by atoms with van der Waals surface area (Å²) in [6, 6.07) is 8.34. The lowest BCUT2D eigenvalue weighted by molar-refractivity contribution is 0.619. The van der Waals surface area contributed by atoms with Crippen molar-refractivity contribution in [2.24, 2.45) is 10.7 Å². The Kier molecular flexibility index (Phi) is 3.40. The highest BCUT2D eigenvalue weighted by Crippen LogP contribution is 2.33. The molecule has 1 unspecified atom stereocenters. The summed E-state index contributed by atoms with van der Waals surface area (Å²) >= 11 is 3.39. The van der Waals surface area contributed by atoms with E-state index in [4.69, 9.17) is 5.73 Å². The largest absolute Gasteiger partial charge is 0.369 e. The molecule has 1 aromatic carbocycles. The van der Waals surface area contributed by atoms with E-state index in [0.717, 1.165) is 10.0 Å². The summed E-state index contributed by atoms with van der Waals surface area (Å²) in [7, 11) is 0. The van der Waals surface area contributed by atoms with Gasteiger partial charge in [-0.1, -0.05) is 12.1 Å². The second-order valence-electron chi connectivity index (χ2n) is 4.47. The zero-order valence-corrected chi connectivity index (χ0v) is 12.1. The minimum absolute atomic E-state index is 0.142. The van der Waals surface area contributed by atoms with E-state index in [2.05, 4.69) is 25.9 Å². The van der Waals surface area contributed by atoms with E-state index in [1.807, 2.05) is 6.07 Å². The van der Waals surface area contributed by atoms with Crippen molar-refractivity contribution in [3.8, 4) is 0 Å². The Balaban J connectivity index is 2.03. The van der Waals surface area contributed by atoms with Crippen molar-refractivity contribution >= 4 is 27.6 Å². The highest BCUT2D eigenvalue weighted by Gasteiger charge is 2.30. The van der Waals surface area contributed by atoms with E-state index in [0.29, 0.717) is 18.2 Å². The molecular formula is C14H12BrFN4. The van der Waals surface area contributed by atoms with Crippen molar-refractivity contribution in [3.05, 3.63) is 58.6 Å². The number of nitrogens with two attached hydrogens (primary N) is 1. The molecule has 6 heteroatoms. The third-order valence-corrected chi connectivity index (χ3v) is 3.64. The Morgan fingerprint density at radius 2 is 2.10 bits per heavy atom. The van der Waals surface area contributed by atoms with Gasteiger partial charge in [-0.2, -0.15) is 0 Å². The van der Waals surface area contributed by atoms with Gasteiger partial charge < -0.3 is 10.6 Å². The minimum Gasteiger partial charge on any atom is -0.369 e. The average molecular weight is 335 g/mol. The predicted molar refractivity (Wildman–Crippen MR) is 80.0 cm³/mol. The van der Waals surface area contributed by atoms with E-state index in [-0.39, 0.29) is 11.9 Å². The maximum atomic E-state index is 14.0. The minimum atomic E-state index is -0.319. The lowest BCUT2D eigenvalue weighted by atomic mass is 10.1. The van der Waals surface area contributed by atoms with Gasteiger partial charge in [0.2, 0.25) is 0 Å². The summed E-state index contributed by atoms with van der Waals surface area (Å²) in [5, 5.41) is 0. The maximum Gasteiger partial charge on any atom is 0.196 e. The maximum absolute atomic E-state index is 14.0. The zero-order chi connectivity index (χ0) is 14.1. The number of guanidine groups is 1. The van der Waals surface area contributed by atoms with Crippen molar-refractivity contribution in [1.82, 2.24) is 4.98 Å². The van der Waals surface area contributed by atoms with Crippen LogP contribution in [0.1, 0.15) is 11.6 Å². The van der Waals surface area contributed by atoms with Crippen LogP contribution in [0.15, 0.2) is 52.2 Å². The fourth-order valence-corrected chi connectivity index (χ4v) is 2.68. The molecule has 1 aromatic heterocycles. The number of benzene rings is 1. The van der Waals surface area contributed by atoms with E-state index < -0.39 is 0 Å². The number of anilines is 1. The van der Waals surface area contributed by atoms with Crippen LogP contribution in [0.4, 0.5) is 10.1 Å². The predicted octanol–water partition coefficient (Wildman–Crippen LogP) is 2.86.